The van der Waals surface area contributed by atoms with Crippen molar-refractivity contribution in [1.29, 1.82) is 0 Å². The zero-order valence-electron chi connectivity index (χ0n) is 21.8. The van der Waals surface area contributed by atoms with E-state index in [-0.39, 0.29) is 6.61 Å². The van der Waals surface area contributed by atoms with Crippen LogP contribution in [0.25, 0.3) is 0 Å². The molecule has 3 saturated heterocycles. The van der Waals surface area contributed by atoms with Gasteiger partial charge in [-0.05, 0) is 25.8 Å². The summed E-state index contributed by atoms with van der Waals surface area (Å²) in [5, 5.41) is 102. The van der Waals surface area contributed by atoms with E-state index in [0.29, 0.717) is 13.0 Å². The van der Waals surface area contributed by atoms with E-state index in [4.69, 9.17) is 34.2 Å². The van der Waals surface area contributed by atoms with Crippen molar-refractivity contribution in [3.8, 4) is 0 Å². The summed E-state index contributed by atoms with van der Waals surface area (Å²) in [7, 11) is 0. The number of rotatable bonds is 13. The minimum absolute atomic E-state index is 0.127. The zero-order chi connectivity index (χ0) is 29.6. The molecule has 0 spiro atoms. The summed E-state index contributed by atoms with van der Waals surface area (Å²) in [6.07, 6.45) is -22.4. The fraction of sp³-hybridized carbons (Fsp3) is 1.00. The van der Waals surface area contributed by atoms with Gasteiger partial charge in [0.25, 0.3) is 0 Å². The smallest absolute Gasteiger partial charge is 0.187 e. The minimum Gasteiger partial charge on any atom is -0.394 e. The highest BCUT2D eigenvalue weighted by Crippen LogP contribution is 2.33. The SMILES string of the molecule is NCCCCCO[C@H]1OC(CO)[C@@H](O)[C@H](O)C1O[C@H]1OC(CO)[C@@H](O)[C@H](O)C1O[C@@H]1OC(CO)[C@@H](O)[C@H](O)C1O. The first-order chi connectivity index (χ1) is 19.1. The monoisotopic (exact) mass is 589 g/mol. The van der Waals surface area contributed by atoms with Gasteiger partial charge in [-0.1, -0.05) is 0 Å². The van der Waals surface area contributed by atoms with Gasteiger partial charge in [-0.25, -0.2) is 0 Å². The van der Waals surface area contributed by atoms with Crippen LogP contribution in [0.1, 0.15) is 19.3 Å². The summed E-state index contributed by atoms with van der Waals surface area (Å²) >= 11 is 0. The van der Waals surface area contributed by atoms with Crippen molar-refractivity contribution in [2.75, 3.05) is 33.0 Å². The average Bonchev–Trinajstić information content (AvgIpc) is 2.95. The second-order valence-electron chi connectivity index (χ2n) is 10.0. The summed E-state index contributed by atoms with van der Waals surface area (Å²) in [6.45, 7) is -1.58. The van der Waals surface area contributed by atoms with Crippen molar-refractivity contribution >= 4 is 0 Å². The predicted molar refractivity (Wildman–Crippen MR) is 128 cm³/mol. The van der Waals surface area contributed by atoms with Gasteiger partial charge in [0.2, 0.25) is 0 Å². The Morgan fingerprint density at radius 3 is 1.48 bits per heavy atom. The van der Waals surface area contributed by atoms with Gasteiger partial charge >= 0.3 is 0 Å². The molecule has 3 heterocycles. The number of aliphatic hydroxyl groups is 10. The quantitative estimate of drug-likeness (QED) is 0.0890. The molecular formula is C23H43NO16. The lowest BCUT2D eigenvalue weighted by atomic mass is 9.96. The maximum absolute atomic E-state index is 10.8. The molecule has 0 radical (unpaired) electrons. The fourth-order valence-corrected chi connectivity index (χ4v) is 4.76. The highest BCUT2D eigenvalue weighted by Gasteiger charge is 2.54. The first-order valence-corrected chi connectivity index (χ1v) is 13.3. The average molecular weight is 590 g/mol. The van der Waals surface area contributed by atoms with Crippen LogP contribution < -0.4 is 5.73 Å². The van der Waals surface area contributed by atoms with Gasteiger partial charge in [-0.15, -0.1) is 0 Å². The van der Waals surface area contributed by atoms with Gasteiger partial charge in [0.05, 0.1) is 19.8 Å². The van der Waals surface area contributed by atoms with Crippen molar-refractivity contribution < 1.29 is 79.5 Å². The molecule has 0 aliphatic carbocycles. The minimum atomic E-state index is -1.88. The zero-order valence-corrected chi connectivity index (χ0v) is 21.8. The van der Waals surface area contributed by atoms with Gasteiger partial charge < -0.3 is 85.2 Å². The molecule has 3 aliphatic heterocycles. The molecule has 236 valence electrons. The maximum Gasteiger partial charge on any atom is 0.187 e. The van der Waals surface area contributed by atoms with Gasteiger partial charge in [0.15, 0.2) is 18.9 Å². The Morgan fingerprint density at radius 1 is 0.500 bits per heavy atom. The molecule has 0 aromatic rings. The van der Waals surface area contributed by atoms with Gasteiger partial charge in [-0.2, -0.15) is 0 Å². The third-order valence-corrected chi connectivity index (χ3v) is 7.21. The summed E-state index contributed by atoms with van der Waals surface area (Å²) in [5.74, 6) is 0. The molecule has 0 aromatic heterocycles. The van der Waals surface area contributed by atoms with Crippen LogP contribution in [0.4, 0.5) is 0 Å². The van der Waals surface area contributed by atoms with E-state index in [9.17, 15) is 51.1 Å². The number of ether oxygens (including phenoxy) is 6. The Bertz CT molecular complexity index is 737. The molecule has 0 bridgehead atoms. The van der Waals surface area contributed by atoms with Crippen molar-refractivity contribution in [1.82, 2.24) is 0 Å². The van der Waals surface area contributed by atoms with Crippen LogP contribution in [0, 0.1) is 0 Å². The van der Waals surface area contributed by atoms with E-state index < -0.39 is 112 Å². The van der Waals surface area contributed by atoms with Gasteiger partial charge in [0.1, 0.15) is 73.2 Å². The third kappa shape index (κ3) is 7.63. The first-order valence-electron chi connectivity index (χ1n) is 13.3. The molecule has 15 atom stereocenters. The first kappa shape index (κ1) is 33.8. The summed E-state index contributed by atoms with van der Waals surface area (Å²) in [6, 6.07) is 0. The Morgan fingerprint density at radius 2 is 0.950 bits per heavy atom. The molecule has 12 N–H and O–H groups in total. The number of aliphatic hydroxyl groups excluding tert-OH is 10. The second-order valence-corrected chi connectivity index (χ2v) is 10.0. The van der Waals surface area contributed by atoms with E-state index in [2.05, 4.69) is 0 Å². The molecule has 0 amide bonds. The lowest BCUT2D eigenvalue weighted by Gasteiger charge is -2.48. The van der Waals surface area contributed by atoms with Crippen LogP contribution in [0.3, 0.4) is 0 Å². The molecule has 0 saturated carbocycles. The third-order valence-electron chi connectivity index (χ3n) is 7.21. The lowest BCUT2D eigenvalue weighted by molar-refractivity contribution is -0.393. The lowest BCUT2D eigenvalue weighted by Crippen LogP contribution is -2.67. The van der Waals surface area contributed by atoms with E-state index in [1.165, 1.54) is 0 Å². The maximum atomic E-state index is 10.8. The van der Waals surface area contributed by atoms with Crippen molar-refractivity contribution in [3.63, 3.8) is 0 Å². The standard InChI is InChI=1S/C23H43NO16/c24-4-2-1-3-5-35-22-19(16(32)13(29)10(7-26)37-22)40-23-20(17(33)14(30)11(8-27)38-23)39-21-18(34)15(31)12(28)9(6-25)36-21/h9-23,25-34H,1-8,24H2/t9?,10?,11?,12-,13-,14-,15+,16+,17+,18?,19?,20?,21+,22+,23-/m1/s1. The Hall–Kier alpha value is -0.680. The number of nitrogens with two attached hydrogens (primary N) is 1. The Kier molecular flexibility index (Phi) is 13.3. The predicted octanol–water partition coefficient (Wildman–Crippen LogP) is -6.42. The molecule has 3 aliphatic rings. The number of hydrogen-bond acceptors (Lipinski definition) is 17. The van der Waals surface area contributed by atoms with E-state index in [1.54, 1.807) is 0 Å². The summed E-state index contributed by atoms with van der Waals surface area (Å²) in [4.78, 5) is 0. The van der Waals surface area contributed by atoms with Gasteiger partial charge in [-0.3, -0.25) is 0 Å². The molecule has 17 nitrogen and oxygen atoms in total. The van der Waals surface area contributed by atoms with Crippen LogP contribution in [0.2, 0.25) is 0 Å². The highest BCUT2D eigenvalue weighted by molar-refractivity contribution is 4.96. The number of unbranched alkanes of at least 4 members (excludes halogenated alkanes) is 2. The topological polar surface area (TPSA) is 284 Å². The van der Waals surface area contributed by atoms with Crippen molar-refractivity contribution in [2.24, 2.45) is 5.73 Å². The molecular weight excluding hydrogens is 546 g/mol. The molecule has 3 rings (SSSR count). The van der Waals surface area contributed by atoms with Crippen LogP contribution in [0.15, 0.2) is 0 Å². The summed E-state index contributed by atoms with van der Waals surface area (Å²) < 4.78 is 33.7. The molecule has 6 unspecified atom stereocenters. The van der Waals surface area contributed by atoms with Crippen molar-refractivity contribution in [2.45, 2.75) is 111 Å². The Labute approximate surface area is 230 Å². The summed E-state index contributed by atoms with van der Waals surface area (Å²) in [5.41, 5.74) is 5.49. The van der Waals surface area contributed by atoms with Gasteiger partial charge in [0, 0.05) is 6.61 Å². The van der Waals surface area contributed by atoms with Crippen LogP contribution in [-0.2, 0) is 28.4 Å². The van der Waals surface area contributed by atoms with E-state index in [1.807, 2.05) is 0 Å². The van der Waals surface area contributed by atoms with Crippen LogP contribution in [-0.4, -0.2) is 176 Å². The second kappa shape index (κ2) is 15.7. The molecule has 3 fully saturated rings. The van der Waals surface area contributed by atoms with E-state index in [0.717, 1.165) is 12.8 Å². The Balaban J connectivity index is 1.82. The highest BCUT2D eigenvalue weighted by atomic mass is 16.8. The molecule has 0 aromatic carbocycles. The fourth-order valence-electron chi connectivity index (χ4n) is 4.76. The van der Waals surface area contributed by atoms with Crippen LogP contribution >= 0.6 is 0 Å². The van der Waals surface area contributed by atoms with Crippen molar-refractivity contribution in [3.05, 3.63) is 0 Å². The van der Waals surface area contributed by atoms with E-state index >= 15 is 0 Å². The largest absolute Gasteiger partial charge is 0.394 e. The molecule has 17 heteroatoms. The van der Waals surface area contributed by atoms with Crippen LogP contribution in [0.5, 0.6) is 0 Å². The normalized spacial score (nSPS) is 46.4. The number of hydrogen-bond donors (Lipinski definition) is 11. The molecule has 40 heavy (non-hydrogen) atoms.